The standard InChI is InChI=1S/2C11H10ClFO3.C11H9ClO3.C10H8Cl2O.C10H9ClO2.C8H7ClO3.C3H4ClF.CH2O3.CH2O2.Al.Cl2OS.2K.Li.5H/c1-6(13)3-7-4-8(12)5-9(10(7)14)11(15)16-2;1-7(13)6-16-10-4-3-8(12)5-9(10)11(14)15-2;1-6-3-7-4-8(12)5-9(10(7)15-6)11(13)14-2;1-6-2-7-3-9(12)4-8(5-11)10(7)13-6;1-6-2-7-3-9(11)4-8(5-12)10(7)13-6;1-12-8(11)6-4-5(9)2-3-7(6)10;1-3(5)2-4;2-1-4-3;2-1-3;;1-4(2)3;;;;;;;;/h4-5,14H,1,3H2,2H3;3-5H,1,6H2,2H3;3-5H,1-2H3;2-4H,5H2,1H3;2-4,12H,5H2,1H3;2-4,10H,1H3;1-2H2;1,3H;1H,(H,2,3);;;;;;;;;;/q;;;;;;;;;;;3*+1;;;;2*-1/p-1. The van der Waals surface area contributed by atoms with Crippen LogP contribution in [-0.4, -0.2) is 120 Å². The van der Waals surface area contributed by atoms with E-state index in [1.165, 1.54) is 77.0 Å². The van der Waals surface area contributed by atoms with Crippen molar-refractivity contribution in [3.8, 4) is 17.2 Å². The fourth-order valence-electron chi connectivity index (χ4n) is 7.45. The van der Waals surface area contributed by atoms with E-state index in [2.05, 4.69) is 64.9 Å². The molecule has 0 aliphatic carbocycles. The second-order valence-electron chi connectivity index (χ2n) is 18.6. The van der Waals surface area contributed by atoms with Gasteiger partial charge in [-0.15, -0.1) is 23.2 Å². The third-order valence-corrected chi connectivity index (χ3v) is 13.1. The molecule has 0 fully saturated rings. The largest absolute Gasteiger partial charge is 1.00 e. The summed E-state index contributed by atoms with van der Waals surface area (Å²) in [6.45, 7) is 13.8. The molecule has 0 saturated carbocycles. The second-order valence-corrected chi connectivity index (χ2v) is 24.2. The van der Waals surface area contributed by atoms with Gasteiger partial charge in [0.15, 0.2) is 17.4 Å². The Balaban J connectivity index is -0.000000213. The summed E-state index contributed by atoms with van der Waals surface area (Å²) >= 11 is 45.3. The van der Waals surface area contributed by atoms with Crippen molar-refractivity contribution >= 4 is 210 Å². The van der Waals surface area contributed by atoms with Gasteiger partial charge in [-0.3, -0.25) is 9.59 Å². The number of aromatic hydroxyl groups is 2. The first-order valence-electron chi connectivity index (χ1n) is 27.1. The van der Waals surface area contributed by atoms with Crippen molar-refractivity contribution in [2.75, 3.05) is 40.9 Å². The molecule has 0 bridgehead atoms. The average Bonchev–Trinajstić information content (AvgIpc) is 1.69. The van der Waals surface area contributed by atoms with Gasteiger partial charge in [-0.05, 0) is 124 Å². The number of furan rings is 3. The van der Waals surface area contributed by atoms with Crippen LogP contribution in [0.4, 0.5) is 13.2 Å². The zero-order chi connectivity index (χ0) is 77.4. The van der Waals surface area contributed by atoms with Gasteiger partial charge in [0.25, 0.3) is 12.9 Å². The van der Waals surface area contributed by atoms with E-state index in [-0.39, 0.29) is 225 Å². The predicted octanol–water partition coefficient (Wildman–Crippen LogP) is 8.82. The van der Waals surface area contributed by atoms with E-state index in [4.69, 9.17) is 140 Å². The number of fused-ring (bicyclic) bond motifs is 3. The third kappa shape index (κ3) is 43.1. The Morgan fingerprint density at radius 2 is 0.886 bits per heavy atom. The number of carbonyl (C=O) groups is 6. The summed E-state index contributed by atoms with van der Waals surface area (Å²) < 4.78 is 84.7. The summed E-state index contributed by atoms with van der Waals surface area (Å²) in [7, 11) is 12.3. The number of alkyl halides is 2. The molecular formula is C66H65AlCl10F3K2LiO21S. The second kappa shape index (κ2) is 60.3. The van der Waals surface area contributed by atoms with E-state index in [9.17, 15) is 42.6 Å². The van der Waals surface area contributed by atoms with Crippen LogP contribution in [0.15, 0.2) is 154 Å². The van der Waals surface area contributed by atoms with Crippen molar-refractivity contribution in [3.05, 3.63) is 227 Å². The maximum absolute atomic E-state index is 12.6. The van der Waals surface area contributed by atoms with Gasteiger partial charge >= 0.3 is 146 Å². The van der Waals surface area contributed by atoms with E-state index in [1.54, 1.807) is 18.2 Å². The summed E-state index contributed by atoms with van der Waals surface area (Å²) in [4.78, 5) is 64.6. The number of methoxy groups -OCH3 is 4. The number of aryl methyl sites for hydroxylation is 3. The molecule has 0 atom stereocenters. The molecule has 0 radical (unpaired) electrons. The van der Waals surface area contributed by atoms with Crippen LogP contribution in [0.1, 0.15) is 78.3 Å². The molecule has 0 unspecified atom stereocenters. The minimum atomic E-state index is -1.67. The van der Waals surface area contributed by atoms with Crippen molar-refractivity contribution < 1.29 is 238 Å². The average molecular weight is 1750 g/mol. The Morgan fingerprint density at radius 1 is 0.552 bits per heavy atom. The number of hydrogen-bond donors (Lipinski definition) is 4. The fraction of sp³-hybridized carbons (Fsp3) is 0.182. The van der Waals surface area contributed by atoms with E-state index in [0.717, 1.165) is 55.7 Å². The van der Waals surface area contributed by atoms with Gasteiger partial charge in [0.2, 0.25) is 9.23 Å². The summed E-state index contributed by atoms with van der Waals surface area (Å²) in [6.07, 6.45) is -0.198. The van der Waals surface area contributed by atoms with Crippen LogP contribution in [0.5, 0.6) is 17.2 Å². The quantitative estimate of drug-likeness (QED) is 0.0122. The maximum Gasteiger partial charge on any atom is 1.00 e. The number of ether oxygens (including phenoxy) is 5. The summed E-state index contributed by atoms with van der Waals surface area (Å²) in [5.74, 6) is -1.61. The Hall–Kier alpha value is -3.46. The number of aliphatic hydroxyl groups excluding tert-OH is 1. The van der Waals surface area contributed by atoms with Crippen molar-refractivity contribution in [2.24, 2.45) is 0 Å². The minimum absolute atomic E-state index is 0. The summed E-state index contributed by atoms with van der Waals surface area (Å²) in [6, 6.07) is 27.4. The number of aliphatic hydroxyl groups is 1. The number of carbonyl (C=O) groups excluding carboxylic acids is 5. The Bertz CT molecular complexity index is 4230. The molecule has 0 aliphatic rings. The van der Waals surface area contributed by atoms with Gasteiger partial charge in [-0.1, -0.05) is 89.3 Å². The molecule has 4 N–H and O–H groups in total. The van der Waals surface area contributed by atoms with Crippen molar-refractivity contribution in [2.45, 2.75) is 39.7 Å². The van der Waals surface area contributed by atoms with Crippen LogP contribution in [0, 0.1) is 20.8 Å². The van der Waals surface area contributed by atoms with E-state index in [1.807, 2.05) is 57.2 Å². The number of rotatable bonds is 13. The molecule has 105 heavy (non-hydrogen) atoms. The van der Waals surface area contributed by atoms with Gasteiger partial charge in [-0.25, -0.2) is 36.6 Å². The minimum Gasteiger partial charge on any atom is -1.00 e. The number of esters is 4. The van der Waals surface area contributed by atoms with Crippen LogP contribution in [0.2, 0.25) is 30.1 Å². The zero-order valence-corrected chi connectivity index (χ0v) is 71.3. The molecular weight excluding hydrogens is 1680 g/mol. The third-order valence-electron chi connectivity index (χ3n) is 11.2. The molecule has 9 aromatic rings. The van der Waals surface area contributed by atoms with Gasteiger partial charge in [-0.2, -0.15) is 0 Å². The van der Waals surface area contributed by atoms with E-state index in [0.29, 0.717) is 42.1 Å². The van der Waals surface area contributed by atoms with Crippen LogP contribution in [0.25, 0.3) is 32.9 Å². The fourth-order valence-corrected chi connectivity index (χ4v) is 8.96. The van der Waals surface area contributed by atoms with E-state index < -0.39 is 50.6 Å². The first kappa shape index (κ1) is 110. The smallest absolute Gasteiger partial charge is 1.00 e. The molecule has 21 nitrogen and oxygen atoms in total. The first-order valence-corrected chi connectivity index (χ1v) is 33.2. The van der Waals surface area contributed by atoms with Gasteiger partial charge < -0.3 is 70.4 Å². The summed E-state index contributed by atoms with van der Waals surface area (Å²) in [5.41, 5.74) is 4.44. The number of halogens is 13. The Kier molecular flexibility index (Phi) is 63.2. The normalized spacial score (nSPS) is 9.32. The SMILES string of the molecule is C=C(F)CCl.C=C(F)COc1ccc(Cl)cc1C(=O)OC.C=C(F)Cc1cc(Cl)cc(C(=O)OC)c1O.COC(=O)c1cc(Cl)cc2cc(C)oc12.COC(=O)c1cc(Cl)ccc1O.Cc1cc2cc(Cl)cc(CCl)c2o1.Cc1cc2cc(Cl)cc(CO)c2o1.O=CO.O=CO[O-].O=S(Cl)Cl.[AlH3].[H-].[H-].[K+].[K+].[Li+]. The summed E-state index contributed by atoms with van der Waals surface area (Å²) in [5, 5.41) is 48.8. The molecule has 9 rings (SSSR count). The maximum atomic E-state index is 12.6. The van der Waals surface area contributed by atoms with Gasteiger partial charge in [0.1, 0.15) is 91.8 Å². The molecule has 0 saturated heterocycles. The topological polar surface area (TPSA) is 318 Å². The monoisotopic (exact) mass is 1740 g/mol. The van der Waals surface area contributed by atoms with Crippen LogP contribution >= 0.6 is 114 Å². The molecule has 6 aromatic carbocycles. The van der Waals surface area contributed by atoms with Gasteiger partial charge in [0, 0.05) is 90.8 Å². The molecule has 39 heteroatoms. The molecule has 0 spiro atoms. The van der Waals surface area contributed by atoms with E-state index >= 15 is 0 Å². The van der Waals surface area contributed by atoms with Crippen LogP contribution in [-0.2, 0) is 61.6 Å². The number of phenols is 2. The molecule has 3 aromatic heterocycles. The molecule has 0 aliphatic heterocycles. The Morgan fingerprint density at radius 3 is 1.29 bits per heavy atom. The van der Waals surface area contributed by atoms with Crippen molar-refractivity contribution in [1.82, 2.24) is 0 Å². The van der Waals surface area contributed by atoms with Crippen LogP contribution < -0.4 is 132 Å². The number of allylic oxidation sites excluding steroid dienone is 2. The molecule has 3 heterocycles. The van der Waals surface area contributed by atoms with Gasteiger partial charge in [0.05, 0.1) is 52.6 Å². The first-order chi connectivity index (χ1) is 47.5. The predicted molar refractivity (Wildman–Crippen MR) is 395 cm³/mol. The van der Waals surface area contributed by atoms with Crippen LogP contribution in [0.3, 0.4) is 0 Å². The van der Waals surface area contributed by atoms with Crippen molar-refractivity contribution in [3.63, 3.8) is 0 Å². The number of benzene rings is 6. The number of carboxylic acid groups (broad SMARTS) is 1. The molecule has 0 amide bonds. The zero-order valence-electron chi connectivity index (χ0n) is 58.7. The molecule has 558 valence electrons. The Labute approximate surface area is 762 Å². The number of phenolic OH excluding ortho intramolecular Hbond substituents is 2. The number of hydrogen-bond acceptors (Lipinski definition) is 20. The van der Waals surface area contributed by atoms with Crippen molar-refractivity contribution in [1.29, 1.82) is 0 Å².